The summed E-state index contributed by atoms with van der Waals surface area (Å²) >= 11 is 0. The number of hydrogen-bond donors (Lipinski definition) is 1. The maximum Gasteiger partial charge on any atom is 0.123 e. The third-order valence-electron chi connectivity index (χ3n) is 3.60. The first-order chi connectivity index (χ1) is 9.22. The molecule has 98 valence electrons. The summed E-state index contributed by atoms with van der Waals surface area (Å²) in [5.41, 5.74) is 4.54. The van der Waals surface area contributed by atoms with Crippen molar-refractivity contribution in [1.82, 2.24) is 5.32 Å². The molecule has 1 N–H and O–H groups in total. The molecule has 2 aromatic rings. The predicted molar refractivity (Wildman–Crippen MR) is 76.4 cm³/mol. The molecule has 1 aliphatic carbocycles. The summed E-state index contributed by atoms with van der Waals surface area (Å²) in [6.45, 7) is 3.01. The second-order valence-electron chi connectivity index (χ2n) is 5.31. The van der Waals surface area contributed by atoms with Crippen molar-refractivity contribution in [2.45, 2.75) is 32.4 Å². The summed E-state index contributed by atoms with van der Waals surface area (Å²) in [4.78, 5) is 0. The van der Waals surface area contributed by atoms with Crippen molar-refractivity contribution in [3.8, 4) is 11.1 Å². The van der Waals surface area contributed by atoms with E-state index in [4.69, 9.17) is 0 Å². The van der Waals surface area contributed by atoms with Crippen LogP contribution in [0.3, 0.4) is 0 Å². The van der Waals surface area contributed by atoms with Crippen molar-refractivity contribution < 1.29 is 4.39 Å². The molecule has 1 fully saturated rings. The quantitative estimate of drug-likeness (QED) is 0.869. The van der Waals surface area contributed by atoms with Crippen LogP contribution in [-0.4, -0.2) is 6.04 Å². The minimum atomic E-state index is -0.184. The van der Waals surface area contributed by atoms with Gasteiger partial charge in [0, 0.05) is 12.6 Å². The summed E-state index contributed by atoms with van der Waals surface area (Å²) in [7, 11) is 0. The molecule has 0 atom stereocenters. The van der Waals surface area contributed by atoms with Gasteiger partial charge in [-0.15, -0.1) is 0 Å². The zero-order valence-electron chi connectivity index (χ0n) is 11.1. The number of aryl methyl sites for hydroxylation is 1. The van der Waals surface area contributed by atoms with Gasteiger partial charge in [0.05, 0.1) is 0 Å². The van der Waals surface area contributed by atoms with Gasteiger partial charge in [-0.2, -0.15) is 0 Å². The Morgan fingerprint density at radius 2 is 2.00 bits per heavy atom. The molecule has 19 heavy (non-hydrogen) atoms. The average Bonchev–Trinajstić information content (AvgIpc) is 3.20. The van der Waals surface area contributed by atoms with E-state index < -0.39 is 0 Å². The van der Waals surface area contributed by atoms with Gasteiger partial charge >= 0.3 is 0 Å². The van der Waals surface area contributed by atoms with Gasteiger partial charge in [0.25, 0.3) is 0 Å². The number of benzene rings is 2. The average molecular weight is 255 g/mol. The molecule has 0 bridgehead atoms. The van der Waals surface area contributed by atoms with Crippen molar-refractivity contribution in [2.75, 3.05) is 0 Å². The third-order valence-corrected chi connectivity index (χ3v) is 3.60. The highest BCUT2D eigenvalue weighted by atomic mass is 19.1. The normalized spacial score (nSPS) is 14.6. The fourth-order valence-electron chi connectivity index (χ4n) is 2.37. The molecule has 0 amide bonds. The molecule has 0 aliphatic heterocycles. The van der Waals surface area contributed by atoms with Crippen molar-refractivity contribution in [2.24, 2.45) is 0 Å². The molecule has 0 radical (unpaired) electrons. The van der Waals surface area contributed by atoms with E-state index in [1.54, 1.807) is 12.1 Å². The molecular weight excluding hydrogens is 237 g/mol. The lowest BCUT2D eigenvalue weighted by Crippen LogP contribution is -2.15. The van der Waals surface area contributed by atoms with Crippen LogP contribution >= 0.6 is 0 Å². The zero-order chi connectivity index (χ0) is 13.2. The molecule has 1 nitrogen and oxygen atoms in total. The Labute approximate surface area is 113 Å². The first kappa shape index (κ1) is 12.4. The number of nitrogens with one attached hydrogen (secondary N) is 1. The van der Waals surface area contributed by atoms with E-state index in [2.05, 4.69) is 30.4 Å². The van der Waals surface area contributed by atoms with Crippen LogP contribution in [0, 0.1) is 12.7 Å². The number of rotatable bonds is 4. The van der Waals surface area contributed by atoms with E-state index in [0.717, 1.165) is 23.7 Å². The molecule has 0 aromatic heterocycles. The van der Waals surface area contributed by atoms with Crippen LogP contribution < -0.4 is 5.32 Å². The van der Waals surface area contributed by atoms with Crippen LogP contribution in [0.15, 0.2) is 42.5 Å². The van der Waals surface area contributed by atoms with E-state index in [0.29, 0.717) is 0 Å². The molecule has 0 unspecified atom stereocenters. The Kier molecular flexibility index (Phi) is 3.34. The third kappa shape index (κ3) is 3.02. The summed E-state index contributed by atoms with van der Waals surface area (Å²) in [5.74, 6) is -0.184. The van der Waals surface area contributed by atoms with Gasteiger partial charge in [-0.05, 0) is 54.2 Å². The second kappa shape index (κ2) is 5.14. The Morgan fingerprint density at radius 3 is 2.68 bits per heavy atom. The van der Waals surface area contributed by atoms with Crippen molar-refractivity contribution >= 4 is 0 Å². The second-order valence-corrected chi connectivity index (χ2v) is 5.31. The molecule has 2 aromatic carbocycles. The fourth-order valence-corrected chi connectivity index (χ4v) is 2.37. The standard InChI is InChI=1S/C17H18FN/c1-12-9-13(11-19-16-6-7-16)5-8-17(12)14-3-2-4-15(18)10-14/h2-5,8-10,16,19H,6-7,11H2,1H3. The highest BCUT2D eigenvalue weighted by molar-refractivity contribution is 5.67. The number of hydrogen-bond acceptors (Lipinski definition) is 1. The Bertz CT molecular complexity index is 588. The van der Waals surface area contributed by atoms with Crippen LogP contribution in [0.2, 0.25) is 0 Å². The lowest BCUT2D eigenvalue weighted by atomic mass is 9.98. The van der Waals surface area contributed by atoms with Crippen LogP contribution in [0.5, 0.6) is 0 Å². The zero-order valence-corrected chi connectivity index (χ0v) is 11.1. The maximum atomic E-state index is 13.3. The monoisotopic (exact) mass is 255 g/mol. The van der Waals surface area contributed by atoms with Gasteiger partial charge in [0.15, 0.2) is 0 Å². The van der Waals surface area contributed by atoms with Gasteiger partial charge in [-0.25, -0.2) is 4.39 Å². The highest BCUT2D eigenvalue weighted by Gasteiger charge is 2.19. The molecule has 0 heterocycles. The van der Waals surface area contributed by atoms with E-state index in [1.807, 2.05) is 6.07 Å². The van der Waals surface area contributed by atoms with Crippen LogP contribution in [0.25, 0.3) is 11.1 Å². The molecule has 0 spiro atoms. The first-order valence-corrected chi connectivity index (χ1v) is 6.81. The lowest BCUT2D eigenvalue weighted by Gasteiger charge is -2.09. The van der Waals surface area contributed by atoms with Gasteiger partial charge in [0.2, 0.25) is 0 Å². The van der Waals surface area contributed by atoms with Crippen molar-refractivity contribution in [3.05, 3.63) is 59.4 Å². The highest BCUT2D eigenvalue weighted by Crippen LogP contribution is 2.25. The Hall–Kier alpha value is -1.67. The minimum Gasteiger partial charge on any atom is -0.310 e. The van der Waals surface area contributed by atoms with E-state index >= 15 is 0 Å². The van der Waals surface area contributed by atoms with Crippen molar-refractivity contribution in [1.29, 1.82) is 0 Å². The summed E-state index contributed by atoms with van der Waals surface area (Å²) in [6.07, 6.45) is 2.61. The van der Waals surface area contributed by atoms with E-state index in [9.17, 15) is 4.39 Å². The number of halogens is 1. The molecule has 0 saturated heterocycles. The summed E-state index contributed by atoms with van der Waals surface area (Å²) in [5, 5.41) is 3.51. The summed E-state index contributed by atoms with van der Waals surface area (Å²) < 4.78 is 13.3. The van der Waals surface area contributed by atoms with Gasteiger partial charge < -0.3 is 5.32 Å². The van der Waals surface area contributed by atoms with Crippen LogP contribution in [0.1, 0.15) is 24.0 Å². The SMILES string of the molecule is Cc1cc(CNC2CC2)ccc1-c1cccc(F)c1. The van der Waals surface area contributed by atoms with Gasteiger partial charge in [-0.3, -0.25) is 0 Å². The fraction of sp³-hybridized carbons (Fsp3) is 0.294. The van der Waals surface area contributed by atoms with Gasteiger partial charge in [-0.1, -0.05) is 30.3 Å². The summed E-state index contributed by atoms with van der Waals surface area (Å²) in [6, 6.07) is 13.9. The smallest absolute Gasteiger partial charge is 0.123 e. The maximum absolute atomic E-state index is 13.3. The van der Waals surface area contributed by atoms with Crippen LogP contribution in [-0.2, 0) is 6.54 Å². The minimum absolute atomic E-state index is 0.184. The Morgan fingerprint density at radius 1 is 1.16 bits per heavy atom. The predicted octanol–water partition coefficient (Wildman–Crippen LogP) is 4.05. The van der Waals surface area contributed by atoms with E-state index in [-0.39, 0.29) is 5.82 Å². The molecule has 2 heteroatoms. The van der Waals surface area contributed by atoms with Crippen LogP contribution in [0.4, 0.5) is 4.39 Å². The first-order valence-electron chi connectivity index (χ1n) is 6.81. The van der Waals surface area contributed by atoms with Gasteiger partial charge in [0.1, 0.15) is 5.82 Å². The van der Waals surface area contributed by atoms with Crippen molar-refractivity contribution in [3.63, 3.8) is 0 Å². The largest absolute Gasteiger partial charge is 0.310 e. The molecule has 1 aliphatic rings. The topological polar surface area (TPSA) is 12.0 Å². The Balaban J connectivity index is 1.82. The molecular formula is C17H18FN. The molecule has 1 saturated carbocycles. The lowest BCUT2D eigenvalue weighted by molar-refractivity contribution is 0.628. The molecule has 3 rings (SSSR count). The van der Waals surface area contributed by atoms with E-state index in [1.165, 1.54) is 30.0 Å².